The number of nitrogens with one attached hydrogen (secondary N) is 1. The van der Waals surface area contributed by atoms with Crippen LogP contribution in [0.3, 0.4) is 0 Å². The summed E-state index contributed by atoms with van der Waals surface area (Å²) in [7, 11) is 3.43. The van der Waals surface area contributed by atoms with Gasteiger partial charge in [-0.25, -0.2) is 4.68 Å². The second-order valence-corrected chi connectivity index (χ2v) is 6.67. The number of piperidine rings is 1. The van der Waals surface area contributed by atoms with Crippen molar-refractivity contribution < 1.29 is 9.66 Å². The number of benzene rings is 1. The molecule has 0 unspecified atom stereocenters. The fourth-order valence-corrected chi connectivity index (χ4v) is 3.53. The van der Waals surface area contributed by atoms with Crippen LogP contribution in [0.25, 0.3) is 0 Å². The number of methoxy groups -OCH3 is 1. The molecular formula is C18H25N5O3. The van der Waals surface area contributed by atoms with E-state index < -0.39 is 0 Å². The first-order valence-electron chi connectivity index (χ1n) is 8.78. The van der Waals surface area contributed by atoms with Crippen molar-refractivity contribution in [3.8, 4) is 5.75 Å². The number of rotatable bonds is 6. The fraction of sp³-hybridized carbons (Fsp3) is 0.500. The van der Waals surface area contributed by atoms with Crippen molar-refractivity contribution in [3.63, 3.8) is 0 Å². The number of hydrogen-bond acceptors (Lipinski definition) is 6. The summed E-state index contributed by atoms with van der Waals surface area (Å²) in [5.41, 5.74) is 1.69. The largest absolute Gasteiger partial charge is 0.496 e. The SMILES string of the molecule is COc1ccccc1CN1CCC(Nc2c([N+](=O)[O-])c(C)nn2C)CC1. The van der Waals surface area contributed by atoms with Gasteiger partial charge in [0.05, 0.1) is 12.0 Å². The molecule has 1 aromatic carbocycles. The fourth-order valence-electron chi connectivity index (χ4n) is 3.53. The van der Waals surface area contributed by atoms with E-state index >= 15 is 0 Å². The lowest BCUT2D eigenvalue weighted by Gasteiger charge is -2.32. The van der Waals surface area contributed by atoms with Crippen LogP contribution in [0.2, 0.25) is 0 Å². The third kappa shape index (κ3) is 3.80. The highest BCUT2D eigenvalue weighted by Gasteiger charge is 2.27. The highest BCUT2D eigenvalue weighted by Crippen LogP contribution is 2.29. The number of hydrogen-bond donors (Lipinski definition) is 1. The Bertz CT molecular complexity index is 781. The summed E-state index contributed by atoms with van der Waals surface area (Å²) in [5, 5.41) is 18.8. The van der Waals surface area contributed by atoms with Crippen LogP contribution < -0.4 is 10.1 Å². The van der Waals surface area contributed by atoms with Gasteiger partial charge in [-0.05, 0) is 25.8 Å². The first-order valence-corrected chi connectivity index (χ1v) is 8.78. The monoisotopic (exact) mass is 359 g/mol. The molecule has 8 heteroatoms. The molecule has 0 spiro atoms. The number of aryl methyl sites for hydroxylation is 2. The van der Waals surface area contributed by atoms with Crippen LogP contribution >= 0.6 is 0 Å². The van der Waals surface area contributed by atoms with Gasteiger partial charge in [0.1, 0.15) is 11.4 Å². The van der Waals surface area contributed by atoms with Crippen molar-refractivity contribution in [3.05, 3.63) is 45.6 Å². The second kappa shape index (κ2) is 7.74. The van der Waals surface area contributed by atoms with E-state index in [1.165, 1.54) is 5.56 Å². The molecule has 1 aliphatic rings. The number of para-hydroxylation sites is 1. The van der Waals surface area contributed by atoms with E-state index in [4.69, 9.17) is 4.74 Å². The van der Waals surface area contributed by atoms with Crippen LogP contribution in [-0.4, -0.2) is 45.8 Å². The Morgan fingerprint density at radius 2 is 2.04 bits per heavy atom. The number of nitro groups is 1. The maximum absolute atomic E-state index is 11.3. The first-order chi connectivity index (χ1) is 12.5. The van der Waals surface area contributed by atoms with Crippen LogP contribution in [0.5, 0.6) is 5.75 Å². The van der Waals surface area contributed by atoms with Crippen molar-refractivity contribution in [2.75, 3.05) is 25.5 Å². The predicted octanol–water partition coefficient (Wildman–Crippen LogP) is 2.72. The molecule has 0 bridgehead atoms. The third-order valence-electron chi connectivity index (χ3n) is 4.89. The Hall–Kier alpha value is -2.61. The average molecular weight is 359 g/mol. The van der Waals surface area contributed by atoms with E-state index in [1.807, 2.05) is 18.2 Å². The number of anilines is 1. The quantitative estimate of drug-likeness (QED) is 0.630. The molecule has 0 aliphatic carbocycles. The van der Waals surface area contributed by atoms with E-state index in [1.54, 1.807) is 25.8 Å². The van der Waals surface area contributed by atoms with E-state index in [0.717, 1.165) is 38.2 Å². The van der Waals surface area contributed by atoms with Crippen LogP contribution in [-0.2, 0) is 13.6 Å². The number of aromatic nitrogens is 2. The summed E-state index contributed by atoms with van der Waals surface area (Å²) < 4.78 is 6.99. The summed E-state index contributed by atoms with van der Waals surface area (Å²) in [6, 6.07) is 8.27. The Kier molecular flexibility index (Phi) is 5.41. The minimum Gasteiger partial charge on any atom is -0.496 e. The van der Waals surface area contributed by atoms with E-state index in [0.29, 0.717) is 11.5 Å². The summed E-state index contributed by atoms with van der Waals surface area (Å²) in [6.07, 6.45) is 1.85. The molecule has 2 aromatic rings. The molecule has 1 aliphatic heterocycles. The molecule has 0 radical (unpaired) electrons. The van der Waals surface area contributed by atoms with Gasteiger partial charge in [0.15, 0.2) is 0 Å². The summed E-state index contributed by atoms with van der Waals surface area (Å²) in [6.45, 7) is 4.38. The highest BCUT2D eigenvalue weighted by molar-refractivity contribution is 5.59. The number of likely N-dealkylation sites (tertiary alicyclic amines) is 1. The van der Waals surface area contributed by atoms with E-state index in [2.05, 4.69) is 21.4 Å². The molecule has 1 fully saturated rings. The van der Waals surface area contributed by atoms with E-state index in [-0.39, 0.29) is 16.7 Å². The lowest BCUT2D eigenvalue weighted by Crippen LogP contribution is -2.39. The Morgan fingerprint density at radius 1 is 1.35 bits per heavy atom. The lowest BCUT2D eigenvalue weighted by atomic mass is 10.0. The van der Waals surface area contributed by atoms with Gasteiger partial charge in [0.25, 0.3) is 0 Å². The molecule has 8 nitrogen and oxygen atoms in total. The van der Waals surface area contributed by atoms with Crippen molar-refractivity contribution in [2.45, 2.75) is 32.4 Å². The van der Waals surface area contributed by atoms with Crippen molar-refractivity contribution in [1.29, 1.82) is 0 Å². The summed E-state index contributed by atoms with van der Waals surface area (Å²) in [4.78, 5) is 13.3. The van der Waals surface area contributed by atoms with E-state index in [9.17, 15) is 10.1 Å². The molecule has 0 saturated carbocycles. The molecule has 26 heavy (non-hydrogen) atoms. The molecule has 1 aromatic heterocycles. The van der Waals surface area contributed by atoms with Crippen molar-refractivity contribution in [2.24, 2.45) is 7.05 Å². The van der Waals surface area contributed by atoms with Crippen LogP contribution in [0.15, 0.2) is 24.3 Å². The van der Waals surface area contributed by atoms with Gasteiger partial charge in [-0.2, -0.15) is 5.10 Å². The van der Waals surface area contributed by atoms with Crippen LogP contribution in [0.4, 0.5) is 11.5 Å². The van der Waals surface area contributed by atoms with Crippen LogP contribution in [0.1, 0.15) is 24.1 Å². The molecular weight excluding hydrogens is 334 g/mol. The molecule has 140 valence electrons. The van der Waals surface area contributed by atoms with Gasteiger partial charge < -0.3 is 10.1 Å². The Morgan fingerprint density at radius 3 is 2.69 bits per heavy atom. The molecule has 3 rings (SSSR count). The van der Waals surface area contributed by atoms with Gasteiger partial charge >= 0.3 is 5.69 Å². The maximum Gasteiger partial charge on any atom is 0.333 e. The number of nitrogens with zero attached hydrogens (tertiary/aromatic N) is 4. The molecule has 0 atom stereocenters. The topological polar surface area (TPSA) is 85.5 Å². The minimum atomic E-state index is -0.360. The first kappa shape index (κ1) is 18.2. The third-order valence-corrected chi connectivity index (χ3v) is 4.89. The Labute approximate surface area is 152 Å². The van der Waals surface area contributed by atoms with Crippen molar-refractivity contribution in [1.82, 2.24) is 14.7 Å². The zero-order chi connectivity index (χ0) is 18.7. The van der Waals surface area contributed by atoms with Gasteiger partial charge in [-0.3, -0.25) is 15.0 Å². The number of ether oxygens (including phenoxy) is 1. The van der Waals surface area contributed by atoms with Crippen LogP contribution in [0, 0.1) is 17.0 Å². The van der Waals surface area contributed by atoms with Crippen molar-refractivity contribution >= 4 is 11.5 Å². The summed E-state index contributed by atoms with van der Waals surface area (Å²) >= 11 is 0. The zero-order valence-electron chi connectivity index (χ0n) is 15.4. The maximum atomic E-state index is 11.3. The standard InChI is InChI=1S/C18H25N5O3/c1-13-17(23(24)25)18(21(2)20-13)19-15-8-10-22(11-9-15)12-14-6-4-5-7-16(14)26-3/h4-7,15,19H,8-12H2,1-3H3. The molecule has 1 N–H and O–H groups in total. The second-order valence-electron chi connectivity index (χ2n) is 6.67. The van der Waals surface area contributed by atoms with Gasteiger partial charge in [-0.15, -0.1) is 0 Å². The zero-order valence-corrected chi connectivity index (χ0v) is 15.4. The smallest absolute Gasteiger partial charge is 0.333 e. The average Bonchev–Trinajstić information content (AvgIpc) is 2.90. The van der Waals surface area contributed by atoms with Gasteiger partial charge in [-0.1, -0.05) is 18.2 Å². The predicted molar refractivity (Wildman–Crippen MR) is 99.5 cm³/mol. The molecule has 1 saturated heterocycles. The normalized spacial score (nSPS) is 15.8. The Balaban J connectivity index is 1.60. The van der Waals surface area contributed by atoms with Gasteiger partial charge in [0.2, 0.25) is 5.82 Å². The van der Waals surface area contributed by atoms with Gasteiger partial charge in [0, 0.05) is 38.3 Å². The molecule has 2 heterocycles. The minimum absolute atomic E-state index is 0.0731. The summed E-state index contributed by atoms with van der Waals surface area (Å²) in [5.74, 6) is 1.41. The lowest BCUT2D eigenvalue weighted by molar-refractivity contribution is -0.384. The molecule has 0 amide bonds. The highest BCUT2D eigenvalue weighted by atomic mass is 16.6.